The molecule has 0 saturated carbocycles. The maximum atomic E-state index is 12.6. The molecule has 2 heterocycles. The lowest BCUT2D eigenvalue weighted by Gasteiger charge is -2.34. The van der Waals surface area contributed by atoms with Crippen molar-refractivity contribution >= 4 is 23.9 Å². The summed E-state index contributed by atoms with van der Waals surface area (Å²) in [5, 5.41) is 9.51. The zero-order valence-corrected chi connectivity index (χ0v) is 18.8. The van der Waals surface area contributed by atoms with Crippen LogP contribution in [0.3, 0.4) is 0 Å². The molecule has 0 bridgehead atoms. The van der Waals surface area contributed by atoms with Crippen LogP contribution in [0.15, 0.2) is 52.9 Å². The molecule has 1 fully saturated rings. The Morgan fingerprint density at radius 1 is 1.09 bits per heavy atom. The molecule has 1 aromatic heterocycles. The second kappa shape index (κ2) is 10.0. The van der Waals surface area contributed by atoms with Crippen LogP contribution < -0.4 is 9.64 Å². The number of piperazine rings is 1. The molecule has 7 heteroatoms. The number of nitriles is 1. The minimum absolute atomic E-state index is 0.00313. The molecular weight excluding hydrogens is 416 g/mol. The summed E-state index contributed by atoms with van der Waals surface area (Å²) in [6.07, 6.45) is 3.67. The number of carbonyl (C=O) groups is 1. The molecule has 3 aromatic rings. The van der Waals surface area contributed by atoms with Crippen LogP contribution in [0.25, 0.3) is 12.2 Å². The van der Waals surface area contributed by atoms with Crippen molar-refractivity contribution in [2.75, 3.05) is 37.7 Å². The van der Waals surface area contributed by atoms with Gasteiger partial charge in [-0.25, -0.2) is 0 Å². The van der Waals surface area contributed by atoms with Gasteiger partial charge in [0.25, 0.3) is 5.91 Å². The van der Waals surface area contributed by atoms with E-state index < -0.39 is 0 Å². The van der Waals surface area contributed by atoms with Crippen molar-refractivity contribution in [2.24, 2.45) is 0 Å². The largest absolute Gasteiger partial charge is 0.484 e. The number of hydrogen-bond donors (Lipinski definition) is 0. The van der Waals surface area contributed by atoms with Gasteiger partial charge in [0.05, 0.1) is 0 Å². The third-order valence-corrected chi connectivity index (χ3v) is 5.50. The molecular formula is C26H26N4O3. The van der Waals surface area contributed by atoms with Gasteiger partial charge < -0.3 is 19.0 Å². The number of hydrogen-bond acceptors (Lipinski definition) is 6. The van der Waals surface area contributed by atoms with Crippen LogP contribution in [-0.4, -0.2) is 48.6 Å². The Hall–Kier alpha value is -4.05. The van der Waals surface area contributed by atoms with E-state index in [0.29, 0.717) is 43.7 Å². The van der Waals surface area contributed by atoms with E-state index in [2.05, 4.69) is 11.1 Å². The number of oxazole rings is 1. The van der Waals surface area contributed by atoms with Crippen molar-refractivity contribution in [3.63, 3.8) is 0 Å². The number of nitrogens with zero attached hydrogens (tertiary/aromatic N) is 4. The number of amides is 1. The molecule has 4 rings (SSSR count). The third-order valence-electron chi connectivity index (χ3n) is 5.50. The fourth-order valence-electron chi connectivity index (χ4n) is 3.63. The summed E-state index contributed by atoms with van der Waals surface area (Å²) in [6.45, 7) is 6.19. The smallest absolute Gasteiger partial charge is 0.260 e. The molecule has 0 spiro atoms. The minimum atomic E-state index is -0.0593. The molecule has 2 aromatic carbocycles. The summed E-state index contributed by atoms with van der Waals surface area (Å²) in [7, 11) is 0. The van der Waals surface area contributed by atoms with Crippen molar-refractivity contribution < 1.29 is 13.9 Å². The zero-order valence-electron chi connectivity index (χ0n) is 18.8. The lowest BCUT2D eigenvalue weighted by molar-refractivity contribution is -0.133. The van der Waals surface area contributed by atoms with Crippen LogP contribution in [-0.2, 0) is 4.79 Å². The summed E-state index contributed by atoms with van der Waals surface area (Å²) in [5.74, 6) is 1.46. The summed E-state index contributed by atoms with van der Waals surface area (Å²) < 4.78 is 11.5. The highest BCUT2D eigenvalue weighted by atomic mass is 16.5. The van der Waals surface area contributed by atoms with Gasteiger partial charge in [-0.15, -0.1) is 0 Å². The van der Waals surface area contributed by atoms with E-state index in [1.165, 1.54) is 5.56 Å². The van der Waals surface area contributed by atoms with E-state index in [-0.39, 0.29) is 18.2 Å². The number of carbonyl (C=O) groups excluding carboxylic acids is 1. The number of ether oxygens (including phenoxy) is 1. The molecule has 1 saturated heterocycles. The van der Waals surface area contributed by atoms with E-state index in [4.69, 9.17) is 9.15 Å². The molecule has 0 atom stereocenters. The van der Waals surface area contributed by atoms with E-state index >= 15 is 0 Å². The summed E-state index contributed by atoms with van der Waals surface area (Å²) in [4.78, 5) is 20.6. The monoisotopic (exact) mass is 442 g/mol. The maximum Gasteiger partial charge on any atom is 0.260 e. The number of rotatable bonds is 6. The first-order valence-electron chi connectivity index (χ1n) is 10.9. The molecule has 7 nitrogen and oxygen atoms in total. The molecule has 33 heavy (non-hydrogen) atoms. The number of aryl methyl sites for hydroxylation is 2. The quantitative estimate of drug-likeness (QED) is 0.573. The second-order valence-electron chi connectivity index (χ2n) is 8.03. The van der Waals surface area contributed by atoms with Gasteiger partial charge in [0.1, 0.15) is 11.8 Å². The predicted molar refractivity (Wildman–Crippen MR) is 127 cm³/mol. The fourth-order valence-corrected chi connectivity index (χ4v) is 3.63. The Bertz CT molecular complexity index is 1180. The second-order valence-corrected chi connectivity index (χ2v) is 8.03. The molecule has 0 N–H and O–H groups in total. The topological polar surface area (TPSA) is 82.6 Å². The Morgan fingerprint density at radius 2 is 1.85 bits per heavy atom. The van der Waals surface area contributed by atoms with Crippen molar-refractivity contribution in [1.82, 2.24) is 9.88 Å². The fraction of sp³-hybridized carbons (Fsp3) is 0.269. The lowest BCUT2D eigenvalue weighted by atomic mass is 10.1. The first-order chi connectivity index (χ1) is 16.0. The molecule has 1 aliphatic rings. The predicted octanol–water partition coefficient (Wildman–Crippen LogP) is 4.06. The summed E-state index contributed by atoms with van der Waals surface area (Å²) >= 11 is 0. The third kappa shape index (κ3) is 5.60. The molecule has 0 aliphatic carbocycles. The average molecular weight is 443 g/mol. The van der Waals surface area contributed by atoms with Crippen LogP contribution in [0.1, 0.15) is 28.3 Å². The Morgan fingerprint density at radius 3 is 2.55 bits per heavy atom. The van der Waals surface area contributed by atoms with Crippen LogP contribution >= 0.6 is 0 Å². The van der Waals surface area contributed by atoms with Crippen molar-refractivity contribution in [2.45, 2.75) is 13.8 Å². The first kappa shape index (κ1) is 22.2. The highest BCUT2D eigenvalue weighted by Crippen LogP contribution is 2.24. The number of anilines is 1. The average Bonchev–Trinajstić information content (AvgIpc) is 3.26. The van der Waals surface area contributed by atoms with Crippen molar-refractivity contribution in [3.05, 3.63) is 76.8 Å². The minimum Gasteiger partial charge on any atom is -0.484 e. The molecule has 1 aliphatic heterocycles. The molecule has 1 amide bonds. The van der Waals surface area contributed by atoms with Gasteiger partial charge in [0.15, 0.2) is 6.61 Å². The van der Waals surface area contributed by atoms with Crippen LogP contribution in [0.2, 0.25) is 0 Å². The van der Waals surface area contributed by atoms with Crippen molar-refractivity contribution in [3.8, 4) is 11.8 Å². The lowest BCUT2D eigenvalue weighted by Crippen LogP contribution is -2.50. The number of aromatic nitrogens is 1. The van der Waals surface area contributed by atoms with E-state index in [1.807, 2.05) is 73.4 Å². The van der Waals surface area contributed by atoms with Gasteiger partial charge in [0, 0.05) is 32.3 Å². The van der Waals surface area contributed by atoms with Gasteiger partial charge in [-0.3, -0.25) is 4.79 Å². The van der Waals surface area contributed by atoms with Crippen LogP contribution in [0.4, 0.5) is 5.88 Å². The molecule has 0 radical (unpaired) electrons. The summed E-state index contributed by atoms with van der Waals surface area (Å²) in [6, 6.07) is 17.9. The van der Waals surface area contributed by atoms with E-state index in [0.717, 1.165) is 11.1 Å². The van der Waals surface area contributed by atoms with Gasteiger partial charge in [-0.05, 0) is 43.2 Å². The highest BCUT2D eigenvalue weighted by molar-refractivity contribution is 5.78. The van der Waals surface area contributed by atoms with Gasteiger partial charge in [-0.1, -0.05) is 42.0 Å². The van der Waals surface area contributed by atoms with E-state index in [9.17, 15) is 10.1 Å². The molecule has 0 unspecified atom stereocenters. The highest BCUT2D eigenvalue weighted by Gasteiger charge is 2.26. The summed E-state index contributed by atoms with van der Waals surface area (Å²) in [5.41, 5.74) is 3.55. The SMILES string of the molecule is Cc1ccc(/C=C/c2nc(C#N)c(N3CCN(C(=O)COc4cccc(C)c4)CC3)o2)cc1. The van der Waals surface area contributed by atoms with Crippen LogP contribution in [0, 0.1) is 25.2 Å². The van der Waals surface area contributed by atoms with Gasteiger partial charge in [0.2, 0.25) is 17.5 Å². The van der Waals surface area contributed by atoms with Crippen LogP contribution in [0.5, 0.6) is 5.75 Å². The Labute approximate surface area is 193 Å². The van der Waals surface area contributed by atoms with E-state index in [1.54, 1.807) is 11.0 Å². The maximum absolute atomic E-state index is 12.6. The standard InChI is InChI=1S/C26H26N4O3/c1-19-6-8-21(9-7-19)10-11-24-28-23(17-27)26(33-24)30-14-12-29(13-15-30)25(31)18-32-22-5-3-4-20(2)16-22/h3-11,16H,12-15,18H2,1-2H3/b11-10+. The van der Waals surface area contributed by atoms with Gasteiger partial charge >= 0.3 is 0 Å². The normalized spacial score (nSPS) is 13.8. The van der Waals surface area contributed by atoms with Crippen molar-refractivity contribution in [1.29, 1.82) is 5.26 Å². The van der Waals surface area contributed by atoms with Gasteiger partial charge in [-0.2, -0.15) is 10.2 Å². The zero-order chi connectivity index (χ0) is 23.2. The number of benzene rings is 2. The first-order valence-corrected chi connectivity index (χ1v) is 10.9. The Kier molecular flexibility index (Phi) is 6.75. The molecule has 168 valence electrons. The Balaban J connectivity index is 1.34.